The van der Waals surface area contributed by atoms with Gasteiger partial charge in [0.1, 0.15) is 0 Å². The molecule has 0 unspecified atom stereocenters. The van der Waals surface area contributed by atoms with Gasteiger partial charge in [-0.25, -0.2) is 9.78 Å². The van der Waals surface area contributed by atoms with Crippen molar-refractivity contribution in [2.75, 3.05) is 11.9 Å². The summed E-state index contributed by atoms with van der Waals surface area (Å²) in [5, 5.41) is 3.22. The Morgan fingerprint density at radius 3 is 2.88 bits per heavy atom. The lowest BCUT2D eigenvalue weighted by atomic mass is 10.2. The van der Waals surface area contributed by atoms with Gasteiger partial charge in [0.15, 0.2) is 5.13 Å². The summed E-state index contributed by atoms with van der Waals surface area (Å²) in [6, 6.07) is 8.55. The van der Waals surface area contributed by atoms with E-state index in [0.29, 0.717) is 22.9 Å². The van der Waals surface area contributed by atoms with Crippen LogP contribution >= 0.6 is 11.3 Å². The topological polar surface area (TPSA) is 81.2 Å². The second kappa shape index (κ2) is 7.85. The highest BCUT2D eigenvalue weighted by Gasteiger charge is 2.13. The molecule has 0 radical (unpaired) electrons. The molecule has 1 N–H and O–H groups in total. The van der Waals surface area contributed by atoms with E-state index in [9.17, 15) is 9.59 Å². The Morgan fingerprint density at radius 1 is 1.24 bits per heavy atom. The third kappa shape index (κ3) is 4.19. The Hall–Kier alpha value is -2.80. The van der Waals surface area contributed by atoms with Gasteiger partial charge in [-0.1, -0.05) is 24.7 Å². The minimum atomic E-state index is -0.343. The molecule has 0 aliphatic heterocycles. The maximum absolute atomic E-state index is 12.2. The molecule has 0 saturated heterocycles. The van der Waals surface area contributed by atoms with Gasteiger partial charge in [0.05, 0.1) is 28.0 Å². The van der Waals surface area contributed by atoms with Gasteiger partial charge in [0.25, 0.3) is 5.91 Å². The van der Waals surface area contributed by atoms with E-state index in [-0.39, 0.29) is 11.9 Å². The summed E-state index contributed by atoms with van der Waals surface area (Å²) in [5.41, 5.74) is 1.66. The van der Waals surface area contributed by atoms with E-state index in [1.807, 2.05) is 6.92 Å². The predicted molar refractivity (Wildman–Crippen MR) is 97.0 cm³/mol. The van der Waals surface area contributed by atoms with E-state index >= 15 is 0 Å². The summed E-state index contributed by atoms with van der Waals surface area (Å²) >= 11 is 1.31. The Morgan fingerprint density at radius 2 is 2.12 bits per heavy atom. The molecule has 7 heteroatoms. The molecule has 0 saturated carbocycles. The predicted octanol–water partition coefficient (Wildman–Crippen LogP) is 3.90. The second-order valence-corrected chi connectivity index (χ2v) is 6.42. The molecule has 25 heavy (non-hydrogen) atoms. The van der Waals surface area contributed by atoms with Gasteiger partial charge in [0, 0.05) is 12.4 Å². The number of esters is 1. The summed E-state index contributed by atoms with van der Waals surface area (Å²) in [7, 11) is 0. The lowest BCUT2D eigenvalue weighted by molar-refractivity contribution is 0.0500. The van der Waals surface area contributed by atoms with Crippen molar-refractivity contribution in [1.82, 2.24) is 9.97 Å². The normalized spacial score (nSPS) is 10.6. The molecular formula is C18H17N3O3S. The Labute approximate surface area is 148 Å². The molecule has 2 aromatic heterocycles. The molecule has 0 bridgehead atoms. The first-order chi connectivity index (χ1) is 12.2. The fourth-order valence-electron chi connectivity index (χ4n) is 2.16. The molecule has 1 aromatic carbocycles. The van der Waals surface area contributed by atoms with E-state index in [1.165, 1.54) is 17.5 Å². The highest BCUT2D eigenvalue weighted by atomic mass is 32.1. The zero-order chi connectivity index (χ0) is 17.6. The van der Waals surface area contributed by atoms with Gasteiger partial charge in [-0.3, -0.25) is 15.1 Å². The first-order valence-corrected chi connectivity index (χ1v) is 8.78. The first-order valence-electron chi connectivity index (χ1n) is 7.96. The number of hydrogen-bond acceptors (Lipinski definition) is 6. The van der Waals surface area contributed by atoms with Crippen LogP contribution in [-0.2, 0) is 4.74 Å². The molecular weight excluding hydrogens is 338 g/mol. The number of benzene rings is 1. The molecule has 3 rings (SSSR count). The van der Waals surface area contributed by atoms with Crippen LogP contribution in [0.4, 0.5) is 5.13 Å². The molecule has 2 heterocycles. The van der Waals surface area contributed by atoms with E-state index in [1.54, 1.807) is 36.5 Å². The second-order valence-electron chi connectivity index (χ2n) is 5.39. The summed E-state index contributed by atoms with van der Waals surface area (Å²) in [4.78, 5) is 32.5. The van der Waals surface area contributed by atoms with Gasteiger partial charge in [0.2, 0.25) is 0 Å². The van der Waals surface area contributed by atoms with Crippen LogP contribution in [0, 0.1) is 0 Å². The third-order valence-electron chi connectivity index (χ3n) is 3.50. The van der Waals surface area contributed by atoms with Crippen molar-refractivity contribution in [1.29, 1.82) is 0 Å². The number of pyridine rings is 1. The standard InChI is InChI=1S/C18H17N3O3S/c1-2-3-9-24-17(23)12-6-7-14-15(10-12)25-18(20-14)21-16(22)13-5-4-8-19-11-13/h4-8,10-11H,2-3,9H2,1H3,(H,20,21,22). The lowest BCUT2D eigenvalue weighted by Gasteiger charge is -2.03. The van der Waals surface area contributed by atoms with Crippen LogP contribution in [0.25, 0.3) is 10.2 Å². The SMILES string of the molecule is CCCCOC(=O)c1ccc2nc(NC(=O)c3cccnc3)sc2c1. The monoisotopic (exact) mass is 355 g/mol. The molecule has 0 fully saturated rings. The van der Waals surface area contributed by atoms with Crippen LogP contribution in [0.2, 0.25) is 0 Å². The molecule has 0 spiro atoms. The van der Waals surface area contributed by atoms with Crippen LogP contribution in [0.5, 0.6) is 0 Å². The summed E-state index contributed by atoms with van der Waals surface area (Å²) in [6.45, 7) is 2.46. The fraction of sp³-hybridized carbons (Fsp3) is 0.222. The van der Waals surface area contributed by atoms with Gasteiger partial charge < -0.3 is 4.74 Å². The fourth-order valence-corrected chi connectivity index (χ4v) is 3.06. The van der Waals surface area contributed by atoms with Crippen molar-refractivity contribution in [3.8, 4) is 0 Å². The Kier molecular flexibility index (Phi) is 5.35. The van der Waals surface area contributed by atoms with Crippen LogP contribution in [-0.4, -0.2) is 28.5 Å². The number of carbonyl (C=O) groups is 2. The van der Waals surface area contributed by atoms with Gasteiger partial charge >= 0.3 is 5.97 Å². The van der Waals surface area contributed by atoms with Crippen molar-refractivity contribution < 1.29 is 14.3 Å². The number of unbranched alkanes of at least 4 members (excludes halogenated alkanes) is 1. The lowest BCUT2D eigenvalue weighted by Crippen LogP contribution is -2.11. The maximum Gasteiger partial charge on any atom is 0.338 e. The van der Waals surface area contributed by atoms with Crippen LogP contribution in [0.15, 0.2) is 42.7 Å². The summed E-state index contributed by atoms with van der Waals surface area (Å²) in [5.74, 6) is -0.615. The average Bonchev–Trinajstić information content (AvgIpc) is 3.03. The number of amides is 1. The highest BCUT2D eigenvalue weighted by molar-refractivity contribution is 7.22. The number of thiazole rings is 1. The van der Waals surface area contributed by atoms with Crippen molar-refractivity contribution in [2.45, 2.75) is 19.8 Å². The van der Waals surface area contributed by atoms with E-state index in [4.69, 9.17) is 4.74 Å². The van der Waals surface area contributed by atoms with Crippen molar-refractivity contribution in [3.63, 3.8) is 0 Å². The first kappa shape index (κ1) is 17.0. The molecule has 0 aliphatic carbocycles. The zero-order valence-corrected chi connectivity index (χ0v) is 14.5. The number of anilines is 1. The van der Waals surface area contributed by atoms with Gasteiger partial charge in [-0.05, 0) is 36.8 Å². The molecule has 3 aromatic rings. The van der Waals surface area contributed by atoms with Crippen molar-refractivity contribution >= 4 is 38.6 Å². The minimum Gasteiger partial charge on any atom is -0.462 e. The molecule has 0 aliphatic rings. The molecule has 0 atom stereocenters. The number of nitrogens with one attached hydrogen (secondary N) is 1. The van der Waals surface area contributed by atoms with Crippen molar-refractivity contribution in [2.24, 2.45) is 0 Å². The van der Waals surface area contributed by atoms with Crippen LogP contribution in [0.3, 0.4) is 0 Å². The third-order valence-corrected chi connectivity index (χ3v) is 4.43. The minimum absolute atomic E-state index is 0.272. The molecule has 1 amide bonds. The van der Waals surface area contributed by atoms with E-state index in [2.05, 4.69) is 15.3 Å². The van der Waals surface area contributed by atoms with E-state index < -0.39 is 0 Å². The van der Waals surface area contributed by atoms with Gasteiger partial charge in [-0.2, -0.15) is 0 Å². The average molecular weight is 355 g/mol. The zero-order valence-electron chi connectivity index (χ0n) is 13.7. The largest absolute Gasteiger partial charge is 0.462 e. The molecule has 6 nitrogen and oxygen atoms in total. The number of rotatable bonds is 6. The van der Waals surface area contributed by atoms with Crippen LogP contribution < -0.4 is 5.32 Å². The smallest absolute Gasteiger partial charge is 0.338 e. The van der Waals surface area contributed by atoms with Crippen LogP contribution in [0.1, 0.15) is 40.5 Å². The Bertz CT molecular complexity index is 893. The highest BCUT2D eigenvalue weighted by Crippen LogP contribution is 2.27. The van der Waals surface area contributed by atoms with Crippen molar-refractivity contribution in [3.05, 3.63) is 53.9 Å². The Balaban J connectivity index is 1.74. The number of carbonyl (C=O) groups excluding carboxylic acids is 2. The quantitative estimate of drug-likeness (QED) is 0.536. The number of fused-ring (bicyclic) bond motifs is 1. The summed E-state index contributed by atoms with van der Waals surface area (Å²) in [6.07, 6.45) is 4.92. The van der Waals surface area contributed by atoms with Gasteiger partial charge in [-0.15, -0.1) is 0 Å². The molecule has 128 valence electrons. The maximum atomic E-state index is 12.2. The number of hydrogen-bond donors (Lipinski definition) is 1. The number of nitrogens with zero attached hydrogens (tertiary/aromatic N) is 2. The number of ether oxygens (including phenoxy) is 1. The van der Waals surface area contributed by atoms with E-state index in [0.717, 1.165) is 23.1 Å². The summed E-state index contributed by atoms with van der Waals surface area (Å²) < 4.78 is 6.03. The number of aromatic nitrogens is 2.